The summed E-state index contributed by atoms with van der Waals surface area (Å²) in [5.74, 6) is 2.26. The Hall–Kier alpha value is -3.18. The first-order chi connectivity index (χ1) is 14.9. The minimum Gasteiger partial charge on any atom is -0.493 e. The maximum Gasteiger partial charge on any atom is 0.264 e. The predicted molar refractivity (Wildman–Crippen MR) is 115 cm³/mol. The monoisotopic (exact) mass is 450 g/mol. The third-order valence-corrected chi connectivity index (χ3v) is 5.99. The minimum absolute atomic E-state index is 0.0439. The second-order valence-electron chi connectivity index (χ2n) is 6.62. The molecular formula is C20H26N4O6S. The van der Waals surface area contributed by atoms with Crippen LogP contribution in [-0.4, -0.2) is 61.1 Å². The number of hydrogen-bond acceptors (Lipinski definition) is 9. The Kier molecular flexibility index (Phi) is 7.08. The van der Waals surface area contributed by atoms with E-state index in [-0.39, 0.29) is 10.9 Å². The quantitative estimate of drug-likeness (QED) is 0.621. The molecule has 1 aliphatic heterocycles. The average Bonchev–Trinajstić information content (AvgIpc) is 2.79. The summed E-state index contributed by atoms with van der Waals surface area (Å²) in [4.78, 5) is 6.35. The van der Waals surface area contributed by atoms with E-state index in [0.29, 0.717) is 42.9 Å². The van der Waals surface area contributed by atoms with Gasteiger partial charge < -0.3 is 24.3 Å². The van der Waals surface area contributed by atoms with Crippen LogP contribution in [0.15, 0.2) is 46.3 Å². The molecule has 0 aliphatic carbocycles. The second kappa shape index (κ2) is 9.75. The van der Waals surface area contributed by atoms with Crippen LogP contribution in [0.5, 0.6) is 23.0 Å². The van der Waals surface area contributed by atoms with Gasteiger partial charge in [0.2, 0.25) is 5.96 Å². The zero-order valence-electron chi connectivity index (χ0n) is 17.8. The molecule has 0 saturated heterocycles. The summed E-state index contributed by atoms with van der Waals surface area (Å²) in [6.45, 7) is 1.35. The maximum atomic E-state index is 12.7. The lowest BCUT2D eigenvalue weighted by Crippen LogP contribution is -2.49. The largest absolute Gasteiger partial charge is 0.493 e. The fourth-order valence-corrected chi connectivity index (χ4v) is 4.06. The Morgan fingerprint density at radius 2 is 1.55 bits per heavy atom. The maximum absolute atomic E-state index is 12.7. The smallest absolute Gasteiger partial charge is 0.264 e. The number of nitrogens with one attached hydrogen (secondary N) is 2. The molecular weight excluding hydrogens is 424 g/mol. The van der Waals surface area contributed by atoms with E-state index in [4.69, 9.17) is 18.9 Å². The zero-order valence-corrected chi connectivity index (χ0v) is 18.7. The molecule has 168 valence electrons. The fraction of sp³-hybridized carbons (Fsp3) is 0.350. The SMILES string of the molecule is COc1ccc(CN2CN=C(NS(=O)(=O)c3ccc(OC)c(OC)c3)NC2)cc1OC. The van der Waals surface area contributed by atoms with E-state index in [2.05, 4.69) is 15.0 Å². The first-order valence-corrected chi connectivity index (χ1v) is 10.8. The molecule has 0 radical (unpaired) electrons. The molecule has 10 nitrogen and oxygen atoms in total. The fourth-order valence-electron chi connectivity index (χ4n) is 3.04. The lowest BCUT2D eigenvalue weighted by molar-refractivity contribution is 0.254. The lowest BCUT2D eigenvalue weighted by atomic mass is 10.2. The Morgan fingerprint density at radius 3 is 2.13 bits per heavy atom. The molecule has 0 unspecified atom stereocenters. The van der Waals surface area contributed by atoms with Gasteiger partial charge in [-0.1, -0.05) is 6.07 Å². The molecule has 0 bridgehead atoms. The van der Waals surface area contributed by atoms with E-state index >= 15 is 0 Å². The van der Waals surface area contributed by atoms with E-state index in [1.54, 1.807) is 14.2 Å². The van der Waals surface area contributed by atoms with Gasteiger partial charge in [0.1, 0.15) is 0 Å². The van der Waals surface area contributed by atoms with Crippen molar-refractivity contribution in [3.63, 3.8) is 0 Å². The normalized spacial score (nSPS) is 14.3. The van der Waals surface area contributed by atoms with Gasteiger partial charge in [-0.05, 0) is 29.8 Å². The Labute approximate surface area is 181 Å². The predicted octanol–water partition coefficient (Wildman–Crippen LogP) is 1.38. The molecule has 11 heteroatoms. The number of guanidine groups is 1. The summed E-state index contributed by atoms with van der Waals surface area (Å²) in [7, 11) is 2.27. The second-order valence-corrected chi connectivity index (χ2v) is 8.31. The van der Waals surface area contributed by atoms with E-state index in [1.165, 1.54) is 32.4 Å². The number of sulfonamides is 1. The van der Waals surface area contributed by atoms with E-state index < -0.39 is 10.0 Å². The number of aliphatic imine (C=N–C) groups is 1. The first kappa shape index (κ1) is 22.5. The number of ether oxygens (including phenoxy) is 4. The van der Waals surface area contributed by atoms with Crippen LogP contribution in [0.2, 0.25) is 0 Å². The highest BCUT2D eigenvalue weighted by molar-refractivity contribution is 7.90. The van der Waals surface area contributed by atoms with Crippen LogP contribution in [0.4, 0.5) is 0 Å². The van der Waals surface area contributed by atoms with Crippen LogP contribution in [0.1, 0.15) is 5.56 Å². The minimum atomic E-state index is -3.84. The number of methoxy groups -OCH3 is 4. The van der Waals surface area contributed by atoms with Crippen molar-refractivity contribution in [1.82, 2.24) is 14.9 Å². The van der Waals surface area contributed by atoms with E-state index in [0.717, 1.165) is 5.56 Å². The molecule has 0 aromatic heterocycles. The highest BCUT2D eigenvalue weighted by atomic mass is 32.2. The van der Waals surface area contributed by atoms with Gasteiger partial charge in [0.25, 0.3) is 10.0 Å². The summed E-state index contributed by atoms with van der Waals surface area (Å²) in [5, 5.41) is 2.99. The van der Waals surface area contributed by atoms with Crippen LogP contribution >= 0.6 is 0 Å². The van der Waals surface area contributed by atoms with Gasteiger partial charge >= 0.3 is 0 Å². The van der Waals surface area contributed by atoms with Crippen molar-refractivity contribution in [3.05, 3.63) is 42.0 Å². The van der Waals surface area contributed by atoms with Gasteiger partial charge in [-0.15, -0.1) is 0 Å². The third kappa shape index (κ3) is 5.30. The molecule has 0 amide bonds. The Morgan fingerprint density at radius 1 is 0.935 bits per heavy atom. The van der Waals surface area contributed by atoms with Crippen molar-refractivity contribution < 1.29 is 27.4 Å². The molecule has 2 aromatic rings. The topological polar surface area (TPSA) is 111 Å². The molecule has 0 atom stereocenters. The van der Waals surface area contributed by atoms with Crippen molar-refractivity contribution in [2.24, 2.45) is 4.99 Å². The lowest BCUT2D eigenvalue weighted by Gasteiger charge is -2.27. The summed E-state index contributed by atoms with van der Waals surface area (Å²) in [5.41, 5.74) is 1.02. The standard InChI is InChI=1S/C20H26N4O6S/c1-27-16-7-5-14(9-18(16)29-3)11-24-12-21-20(22-13-24)23-31(25,26)15-6-8-17(28-2)19(10-15)30-4/h5-10H,11-13H2,1-4H3,(H2,21,22,23). The molecule has 0 spiro atoms. The van der Waals surface area contributed by atoms with Crippen molar-refractivity contribution in [1.29, 1.82) is 0 Å². The van der Waals surface area contributed by atoms with Crippen LogP contribution in [0, 0.1) is 0 Å². The van der Waals surface area contributed by atoms with Gasteiger partial charge in [0, 0.05) is 12.6 Å². The molecule has 2 aromatic carbocycles. The van der Waals surface area contributed by atoms with E-state index in [9.17, 15) is 8.42 Å². The summed E-state index contributed by atoms with van der Waals surface area (Å²) in [6, 6.07) is 10.1. The summed E-state index contributed by atoms with van der Waals surface area (Å²) < 4.78 is 48.8. The van der Waals surface area contributed by atoms with E-state index in [1.807, 2.05) is 23.1 Å². The highest BCUT2D eigenvalue weighted by Crippen LogP contribution is 2.29. The van der Waals surface area contributed by atoms with Crippen LogP contribution in [0.25, 0.3) is 0 Å². The first-order valence-electron chi connectivity index (χ1n) is 9.36. The highest BCUT2D eigenvalue weighted by Gasteiger charge is 2.21. The number of rotatable bonds is 8. The molecule has 1 heterocycles. The molecule has 2 N–H and O–H groups in total. The van der Waals surface area contributed by atoms with Gasteiger partial charge in [-0.25, -0.2) is 18.1 Å². The van der Waals surface area contributed by atoms with Gasteiger partial charge in [-0.3, -0.25) is 4.90 Å². The molecule has 0 saturated carbocycles. The molecule has 3 rings (SSSR count). The van der Waals surface area contributed by atoms with Crippen molar-refractivity contribution in [2.75, 3.05) is 41.8 Å². The third-order valence-electron chi connectivity index (χ3n) is 4.65. The van der Waals surface area contributed by atoms with Crippen molar-refractivity contribution in [3.8, 4) is 23.0 Å². The Bertz CT molecular complexity index is 1060. The average molecular weight is 451 g/mol. The van der Waals surface area contributed by atoms with Crippen molar-refractivity contribution >= 4 is 16.0 Å². The molecule has 31 heavy (non-hydrogen) atoms. The summed E-state index contributed by atoms with van der Waals surface area (Å²) in [6.07, 6.45) is 0. The van der Waals surface area contributed by atoms with Gasteiger partial charge in [0.05, 0.1) is 46.7 Å². The van der Waals surface area contributed by atoms with Gasteiger partial charge in [0.15, 0.2) is 23.0 Å². The van der Waals surface area contributed by atoms with Gasteiger partial charge in [-0.2, -0.15) is 0 Å². The van der Waals surface area contributed by atoms with Crippen LogP contribution in [-0.2, 0) is 16.6 Å². The molecule has 1 aliphatic rings. The van der Waals surface area contributed by atoms with Crippen LogP contribution < -0.4 is 29.0 Å². The Balaban J connectivity index is 1.65. The van der Waals surface area contributed by atoms with Crippen molar-refractivity contribution in [2.45, 2.75) is 11.4 Å². The van der Waals surface area contributed by atoms with Crippen LogP contribution in [0.3, 0.4) is 0 Å². The number of hydrogen-bond donors (Lipinski definition) is 2. The number of nitrogens with zero attached hydrogens (tertiary/aromatic N) is 2. The summed E-state index contributed by atoms with van der Waals surface area (Å²) >= 11 is 0. The molecule has 0 fully saturated rings. The zero-order chi connectivity index (χ0) is 22.4. The number of benzene rings is 2.